The molecule has 2 N–H and O–H groups in total. The summed E-state index contributed by atoms with van der Waals surface area (Å²) in [5, 5.41) is 4.05. The van der Waals surface area contributed by atoms with Crippen molar-refractivity contribution < 1.29 is 9.53 Å². The van der Waals surface area contributed by atoms with E-state index in [4.69, 9.17) is 10.5 Å². The molecule has 0 amide bonds. The Kier molecular flexibility index (Phi) is 2.64. The molecular formula is C9H13NO2S. The molecular weight excluding hydrogens is 186 g/mol. The van der Waals surface area contributed by atoms with Gasteiger partial charge < -0.3 is 10.5 Å². The highest BCUT2D eigenvalue weighted by Crippen LogP contribution is 2.33. The Morgan fingerprint density at radius 2 is 2.15 bits per heavy atom. The number of ether oxygens (including phenoxy) is 1. The summed E-state index contributed by atoms with van der Waals surface area (Å²) in [4.78, 5) is 10.4. The molecule has 1 unspecified atom stereocenters. The SMILES string of the molecule is CC(C)(C)OC1=C(N)S(=C=O)C=C1. The van der Waals surface area contributed by atoms with Gasteiger partial charge in [0, 0.05) is 0 Å². The Bertz CT molecular complexity index is 330. The van der Waals surface area contributed by atoms with Crippen molar-refractivity contribution in [2.45, 2.75) is 26.4 Å². The third kappa shape index (κ3) is 2.47. The molecule has 0 aromatic rings. The molecule has 1 aliphatic rings. The number of nitrogens with two attached hydrogens (primary N) is 1. The van der Waals surface area contributed by atoms with Crippen molar-refractivity contribution in [3.05, 3.63) is 22.3 Å². The summed E-state index contributed by atoms with van der Waals surface area (Å²) in [5.41, 5.74) is 5.40. The molecule has 0 saturated carbocycles. The quantitative estimate of drug-likeness (QED) is 0.655. The molecule has 1 heterocycles. The Labute approximate surface area is 80.2 Å². The predicted molar refractivity (Wildman–Crippen MR) is 54.5 cm³/mol. The van der Waals surface area contributed by atoms with Gasteiger partial charge in [0.1, 0.15) is 10.6 Å². The second-order valence-electron chi connectivity index (χ2n) is 3.67. The standard InChI is InChI=1S/C9H13NO2S/c1-9(2,3)12-7-4-5-13(6-11)8(7)10/h4-5H,10H2,1-3H3. The molecule has 13 heavy (non-hydrogen) atoms. The smallest absolute Gasteiger partial charge is 0.166 e. The molecule has 0 radical (unpaired) electrons. The summed E-state index contributed by atoms with van der Waals surface area (Å²) >= 11 is 0. The van der Waals surface area contributed by atoms with Gasteiger partial charge in [-0.3, -0.25) is 0 Å². The third-order valence-electron chi connectivity index (χ3n) is 1.34. The van der Waals surface area contributed by atoms with Gasteiger partial charge in [-0.1, -0.05) is 0 Å². The normalized spacial score (nSPS) is 21.9. The lowest BCUT2D eigenvalue weighted by Gasteiger charge is -2.21. The molecule has 0 aliphatic carbocycles. The largest absolute Gasteiger partial charge is 0.485 e. The lowest BCUT2D eigenvalue weighted by Crippen LogP contribution is -2.19. The Balaban J connectivity index is 2.90. The zero-order valence-corrected chi connectivity index (χ0v) is 8.77. The van der Waals surface area contributed by atoms with Crippen LogP contribution in [0.4, 0.5) is 0 Å². The fourth-order valence-electron chi connectivity index (χ4n) is 0.881. The van der Waals surface area contributed by atoms with Gasteiger partial charge in [-0.2, -0.15) is 0 Å². The van der Waals surface area contributed by atoms with E-state index in [1.807, 2.05) is 26.0 Å². The van der Waals surface area contributed by atoms with E-state index in [0.29, 0.717) is 10.8 Å². The van der Waals surface area contributed by atoms with Crippen LogP contribution >= 0.6 is 10.5 Å². The maximum absolute atomic E-state index is 10.4. The number of hydrogen-bond donors (Lipinski definition) is 1. The van der Waals surface area contributed by atoms with Crippen molar-refractivity contribution in [2.75, 3.05) is 0 Å². The summed E-state index contributed by atoms with van der Waals surface area (Å²) < 4.78 is 5.54. The van der Waals surface area contributed by atoms with E-state index in [-0.39, 0.29) is 5.60 Å². The van der Waals surface area contributed by atoms with Crippen molar-refractivity contribution in [1.29, 1.82) is 0 Å². The first-order valence-corrected chi connectivity index (χ1v) is 5.20. The molecule has 72 valence electrons. The average Bonchev–Trinajstić information content (AvgIpc) is 2.30. The minimum Gasteiger partial charge on any atom is -0.485 e. The molecule has 0 saturated heterocycles. The average molecular weight is 199 g/mol. The molecule has 4 heteroatoms. The van der Waals surface area contributed by atoms with Gasteiger partial charge in [0.15, 0.2) is 11.0 Å². The molecule has 0 aromatic heterocycles. The third-order valence-corrected chi connectivity index (χ3v) is 2.60. The van der Waals surface area contributed by atoms with E-state index in [1.165, 1.54) is 0 Å². The molecule has 1 atom stereocenters. The van der Waals surface area contributed by atoms with Crippen LogP contribution in [0.3, 0.4) is 0 Å². The van der Waals surface area contributed by atoms with Crippen molar-refractivity contribution in [3.63, 3.8) is 0 Å². The van der Waals surface area contributed by atoms with Crippen LogP contribution in [0.2, 0.25) is 0 Å². The van der Waals surface area contributed by atoms with Crippen molar-refractivity contribution in [3.8, 4) is 0 Å². The number of rotatable bonds is 1. The molecule has 0 bridgehead atoms. The highest BCUT2D eigenvalue weighted by molar-refractivity contribution is 8.20. The molecule has 0 fully saturated rings. The Hall–Kier alpha value is -0.990. The summed E-state index contributed by atoms with van der Waals surface area (Å²) in [6, 6.07) is 0. The van der Waals surface area contributed by atoms with Gasteiger partial charge >= 0.3 is 0 Å². The van der Waals surface area contributed by atoms with E-state index in [9.17, 15) is 4.79 Å². The number of allylic oxidation sites excluding steroid dienone is 1. The molecule has 0 spiro atoms. The molecule has 1 rings (SSSR count). The van der Waals surface area contributed by atoms with E-state index in [1.54, 1.807) is 11.5 Å². The van der Waals surface area contributed by atoms with E-state index < -0.39 is 10.5 Å². The lowest BCUT2D eigenvalue weighted by molar-refractivity contribution is 0.0593. The fourth-order valence-corrected chi connectivity index (χ4v) is 1.76. The summed E-state index contributed by atoms with van der Waals surface area (Å²) in [5.74, 6) is 0.596. The zero-order chi connectivity index (χ0) is 10.1. The van der Waals surface area contributed by atoms with Crippen LogP contribution < -0.4 is 5.73 Å². The van der Waals surface area contributed by atoms with E-state index in [0.717, 1.165) is 0 Å². The van der Waals surface area contributed by atoms with Crippen molar-refractivity contribution >= 4 is 15.7 Å². The highest BCUT2D eigenvalue weighted by atomic mass is 32.2. The van der Waals surface area contributed by atoms with Crippen LogP contribution in [0.5, 0.6) is 0 Å². The minimum atomic E-state index is -0.697. The first kappa shape index (κ1) is 10.1. The number of hydrogen-bond acceptors (Lipinski definition) is 3. The van der Waals surface area contributed by atoms with Crippen LogP contribution in [0.15, 0.2) is 22.3 Å². The summed E-state index contributed by atoms with van der Waals surface area (Å²) in [6.45, 7) is 5.80. The fraction of sp³-hybridized carbons (Fsp3) is 0.444. The van der Waals surface area contributed by atoms with Gasteiger partial charge in [-0.05, 0) is 42.7 Å². The maximum atomic E-state index is 10.4. The van der Waals surface area contributed by atoms with Gasteiger partial charge in [0.05, 0.1) is 0 Å². The van der Waals surface area contributed by atoms with Gasteiger partial charge in [-0.25, -0.2) is 4.79 Å². The van der Waals surface area contributed by atoms with Crippen LogP contribution in [0.1, 0.15) is 20.8 Å². The second-order valence-corrected chi connectivity index (χ2v) is 5.22. The lowest BCUT2D eigenvalue weighted by atomic mass is 10.2. The molecule has 3 nitrogen and oxygen atoms in total. The van der Waals surface area contributed by atoms with Crippen LogP contribution in [0, 0.1) is 0 Å². The summed E-state index contributed by atoms with van der Waals surface area (Å²) in [6.07, 6.45) is 1.73. The Morgan fingerprint density at radius 1 is 1.54 bits per heavy atom. The van der Waals surface area contributed by atoms with Crippen molar-refractivity contribution in [1.82, 2.24) is 0 Å². The maximum Gasteiger partial charge on any atom is 0.166 e. The highest BCUT2D eigenvalue weighted by Gasteiger charge is 2.18. The van der Waals surface area contributed by atoms with Crippen LogP contribution in [-0.4, -0.2) is 10.8 Å². The first-order chi connectivity index (χ1) is 5.94. The van der Waals surface area contributed by atoms with E-state index in [2.05, 4.69) is 0 Å². The van der Waals surface area contributed by atoms with Crippen LogP contribution in [0.25, 0.3) is 0 Å². The minimum absolute atomic E-state index is 0.285. The second kappa shape index (κ2) is 3.40. The summed E-state index contributed by atoms with van der Waals surface area (Å²) in [7, 11) is -0.697. The van der Waals surface area contributed by atoms with Crippen LogP contribution in [-0.2, 0) is 9.53 Å². The first-order valence-electron chi connectivity index (χ1n) is 3.92. The number of carbonyl (C=O) groups excluding carboxylic acids is 1. The Morgan fingerprint density at radius 3 is 2.54 bits per heavy atom. The van der Waals surface area contributed by atoms with E-state index >= 15 is 0 Å². The van der Waals surface area contributed by atoms with Gasteiger partial charge in [-0.15, -0.1) is 0 Å². The molecule has 1 aliphatic heterocycles. The predicted octanol–water partition coefficient (Wildman–Crippen LogP) is 1.79. The zero-order valence-electron chi connectivity index (χ0n) is 7.96. The van der Waals surface area contributed by atoms with Crippen molar-refractivity contribution in [2.24, 2.45) is 5.73 Å². The molecule has 0 aromatic carbocycles. The topological polar surface area (TPSA) is 52.3 Å². The monoisotopic (exact) mass is 199 g/mol. The van der Waals surface area contributed by atoms with Gasteiger partial charge in [0.25, 0.3) is 0 Å². The van der Waals surface area contributed by atoms with Gasteiger partial charge in [0.2, 0.25) is 0 Å².